The lowest BCUT2D eigenvalue weighted by molar-refractivity contribution is -0.118. The Labute approximate surface area is 86.2 Å². The minimum atomic E-state index is 0.367. The molecule has 0 aromatic rings. The van der Waals surface area contributed by atoms with Gasteiger partial charge in [0.05, 0.1) is 0 Å². The second-order valence-corrected chi connectivity index (χ2v) is 3.58. The molecule has 0 unspecified atom stereocenters. The second-order valence-electron chi connectivity index (χ2n) is 3.58. The van der Waals surface area contributed by atoms with Crippen LogP contribution in [0.1, 0.15) is 39.5 Å². The predicted molar refractivity (Wildman–Crippen MR) is 60.1 cm³/mol. The van der Waals surface area contributed by atoms with E-state index in [4.69, 9.17) is 0 Å². The van der Waals surface area contributed by atoms with Gasteiger partial charge in [-0.05, 0) is 30.9 Å². The predicted octanol–water partition coefficient (Wildman–Crippen LogP) is 3.58. The number of hydrogen-bond acceptors (Lipinski definition) is 1. The molecule has 0 spiro atoms. The van der Waals surface area contributed by atoms with Crippen molar-refractivity contribution in [3.8, 4) is 0 Å². The molecule has 1 heteroatoms. The second kappa shape index (κ2) is 5.58. The smallest absolute Gasteiger partial charge is 0.137 e. The molecule has 1 nitrogen and oxygen atoms in total. The first-order valence-electron chi connectivity index (χ1n) is 5.31. The maximum atomic E-state index is 11.3. The van der Waals surface area contributed by atoms with Crippen molar-refractivity contribution in [1.29, 1.82) is 0 Å². The first kappa shape index (κ1) is 11.0. The normalized spacial score (nSPS) is 18.9. The summed E-state index contributed by atoms with van der Waals surface area (Å²) in [5.74, 6) is 0.367. The van der Waals surface area contributed by atoms with E-state index in [2.05, 4.69) is 25.2 Å². The summed E-state index contributed by atoms with van der Waals surface area (Å²) in [6.07, 6.45) is 11.7. The maximum Gasteiger partial charge on any atom is 0.137 e. The lowest BCUT2D eigenvalue weighted by atomic mass is 9.90. The van der Waals surface area contributed by atoms with Crippen LogP contribution in [0.3, 0.4) is 0 Å². The van der Waals surface area contributed by atoms with Crippen LogP contribution in [0.2, 0.25) is 0 Å². The fraction of sp³-hybridized carbons (Fsp3) is 0.462. The van der Waals surface area contributed by atoms with E-state index in [0.717, 1.165) is 12.8 Å². The van der Waals surface area contributed by atoms with Gasteiger partial charge in [0, 0.05) is 12.8 Å². The molecule has 0 saturated heterocycles. The summed E-state index contributed by atoms with van der Waals surface area (Å²) >= 11 is 0. The first-order chi connectivity index (χ1) is 6.77. The Bertz CT molecular complexity index is 292. The molecule has 0 amide bonds. The molecule has 0 atom stereocenters. The lowest BCUT2D eigenvalue weighted by Crippen LogP contribution is -2.07. The fourth-order valence-corrected chi connectivity index (χ4v) is 1.67. The molecule has 0 heterocycles. The van der Waals surface area contributed by atoms with Gasteiger partial charge in [-0.2, -0.15) is 0 Å². The molecular formula is C13H18O. The largest absolute Gasteiger partial charge is 0.299 e. The van der Waals surface area contributed by atoms with Gasteiger partial charge in [-0.1, -0.05) is 31.2 Å². The third-order valence-corrected chi connectivity index (χ3v) is 2.40. The highest BCUT2D eigenvalue weighted by atomic mass is 16.1. The number of ketones is 1. The monoisotopic (exact) mass is 190 g/mol. The molecule has 0 aromatic carbocycles. The third kappa shape index (κ3) is 2.99. The van der Waals surface area contributed by atoms with E-state index in [1.165, 1.54) is 11.1 Å². The van der Waals surface area contributed by atoms with Crippen LogP contribution in [0.4, 0.5) is 0 Å². The van der Waals surface area contributed by atoms with Crippen molar-refractivity contribution in [2.75, 3.05) is 0 Å². The SMILES string of the molecule is C/C=C\C1=C(/C=C\CC)CCC(=O)C1. The number of rotatable bonds is 3. The summed E-state index contributed by atoms with van der Waals surface area (Å²) in [4.78, 5) is 11.3. The zero-order valence-corrected chi connectivity index (χ0v) is 9.05. The third-order valence-electron chi connectivity index (χ3n) is 2.40. The zero-order chi connectivity index (χ0) is 10.4. The molecule has 0 radical (unpaired) electrons. The summed E-state index contributed by atoms with van der Waals surface area (Å²) in [5, 5.41) is 0. The lowest BCUT2D eigenvalue weighted by Gasteiger charge is -2.14. The average Bonchev–Trinajstić information content (AvgIpc) is 2.17. The van der Waals surface area contributed by atoms with Crippen LogP contribution >= 0.6 is 0 Å². The molecule has 0 bridgehead atoms. The Morgan fingerprint density at radius 1 is 1.21 bits per heavy atom. The van der Waals surface area contributed by atoms with Gasteiger partial charge in [0.2, 0.25) is 0 Å². The van der Waals surface area contributed by atoms with E-state index in [1.807, 2.05) is 13.0 Å². The van der Waals surface area contributed by atoms with Gasteiger partial charge in [0.1, 0.15) is 5.78 Å². The van der Waals surface area contributed by atoms with Crippen LogP contribution in [-0.4, -0.2) is 5.78 Å². The highest BCUT2D eigenvalue weighted by Gasteiger charge is 2.14. The van der Waals surface area contributed by atoms with Crippen molar-refractivity contribution in [2.24, 2.45) is 0 Å². The van der Waals surface area contributed by atoms with E-state index in [9.17, 15) is 4.79 Å². The molecule has 0 N–H and O–H groups in total. The van der Waals surface area contributed by atoms with Crippen molar-refractivity contribution in [3.63, 3.8) is 0 Å². The quantitative estimate of drug-likeness (QED) is 0.664. The van der Waals surface area contributed by atoms with E-state index < -0.39 is 0 Å². The van der Waals surface area contributed by atoms with E-state index in [-0.39, 0.29) is 0 Å². The molecule has 1 aliphatic rings. The highest BCUT2D eigenvalue weighted by molar-refractivity contribution is 5.83. The van der Waals surface area contributed by atoms with Crippen LogP contribution < -0.4 is 0 Å². The van der Waals surface area contributed by atoms with E-state index in [0.29, 0.717) is 18.6 Å². The minimum Gasteiger partial charge on any atom is -0.299 e. The average molecular weight is 190 g/mol. The Hall–Kier alpha value is -1.11. The molecule has 76 valence electrons. The number of Topliss-reactive ketones (excluding diaryl/α,β-unsaturated/α-hetero) is 1. The van der Waals surface area contributed by atoms with Crippen molar-refractivity contribution in [3.05, 3.63) is 35.5 Å². The molecule has 0 saturated carbocycles. The fourth-order valence-electron chi connectivity index (χ4n) is 1.67. The zero-order valence-electron chi connectivity index (χ0n) is 9.05. The number of allylic oxidation sites excluding steroid dienone is 6. The van der Waals surface area contributed by atoms with Crippen molar-refractivity contribution in [1.82, 2.24) is 0 Å². The van der Waals surface area contributed by atoms with Crippen LogP contribution in [0, 0.1) is 0 Å². The highest BCUT2D eigenvalue weighted by Crippen LogP contribution is 2.24. The van der Waals surface area contributed by atoms with Crippen molar-refractivity contribution >= 4 is 5.78 Å². The first-order valence-corrected chi connectivity index (χ1v) is 5.31. The minimum absolute atomic E-state index is 0.367. The summed E-state index contributed by atoms with van der Waals surface area (Å²) < 4.78 is 0. The van der Waals surface area contributed by atoms with Crippen molar-refractivity contribution < 1.29 is 4.79 Å². The molecule has 1 aliphatic carbocycles. The summed E-state index contributed by atoms with van der Waals surface area (Å²) in [6, 6.07) is 0. The Morgan fingerprint density at radius 3 is 2.64 bits per heavy atom. The van der Waals surface area contributed by atoms with Gasteiger partial charge >= 0.3 is 0 Å². The molecule has 0 fully saturated rings. The summed E-state index contributed by atoms with van der Waals surface area (Å²) in [6.45, 7) is 4.12. The maximum absolute atomic E-state index is 11.3. The van der Waals surface area contributed by atoms with Gasteiger partial charge in [-0.25, -0.2) is 0 Å². The Kier molecular flexibility index (Phi) is 4.37. The summed E-state index contributed by atoms with van der Waals surface area (Å²) in [7, 11) is 0. The van der Waals surface area contributed by atoms with Gasteiger partial charge in [-0.3, -0.25) is 4.79 Å². The molecular weight excluding hydrogens is 172 g/mol. The van der Waals surface area contributed by atoms with Crippen LogP contribution in [0.25, 0.3) is 0 Å². The van der Waals surface area contributed by atoms with Crippen LogP contribution in [-0.2, 0) is 4.79 Å². The topological polar surface area (TPSA) is 17.1 Å². The standard InChI is InChI=1S/C13H18O/c1-3-5-7-11-8-9-13(14)10-12(11)6-4-2/h4-7H,3,8-10H2,1-2H3/b6-4-,7-5-. The molecule has 0 aromatic heterocycles. The number of hydrogen-bond donors (Lipinski definition) is 0. The molecule has 14 heavy (non-hydrogen) atoms. The van der Waals surface area contributed by atoms with Gasteiger partial charge in [-0.15, -0.1) is 0 Å². The molecule has 1 rings (SSSR count). The number of carbonyl (C=O) groups is 1. The van der Waals surface area contributed by atoms with Crippen LogP contribution in [0.15, 0.2) is 35.5 Å². The summed E-state index contributed by atoms with van der Waals surface area (Å²) in [5.41, 5.74) is 2.54. The van der Waals surface area contributed by atoms with Crippen LogP contribution in [0.5, 0.6) is 0 Å². The number of carbonyl (C=O) groups excluding carboxylic acids is 1. The Morgan fingerprint density at radius 2 is 2.00 bits per heavy atom. The van der Waals surface area contributed by atoms with Crippen molar-refractivity contribution in [2.45, 2.75) is 39.5 Å². The van der Waals surface area contributed by atoms with E-state index >= 15 is 0 Å². The van der Waals surface area contributed by atoms with Gasteiger partial charge in [0.25, 0.3) is 0 Å². The van der Waals surface area contributed by atoms with E-state index in [1.54, 1.807) is 0 Å². The van der Waals surface area contributed by atoms with Gasteiger partial charge in [0.15, 0.2) is 0 Å². The van der Waals surface area contributed by atoms with Gasteiger partial charge < -0.3 is 0 Å². The molecule has 0 aliphatic heterocycles. The Balaban J connectivity index is 2.87.